The van der Waals surface area contributed by atoms with Gasteiger partial charge in [0.2, 0.25) is 5.91 Å². The van der Waals surface area contributed by atoms with Crippen LogP contribution in [0.25, 0.3) is 0 Å². The first-order valence-electron chi connectivity index (χ1n) is 13.1. The lowest BCUT2D eigenvalue weighted by atomic mass is 9.85. The highest BCUT2D eigenvalue weighted by Crippen LogP contribution is 2.31. The number of hydrogen-bond donors (Lipinski definition) is 3. The summed E-state index contributed by atoms with van der Waals surface area (Å²) in [6.07, 6.45) is 3.63. The highest BCUT2D eigenvalue weighted by molar-refractivity contribution is 5.91. The number of alkyl carbamates (subject to hydrolysis) is 1. The molecule has 35 heavy (non-hydrogen) atoms. The van der Waals surface area contributed by atoms with Gasteiger partial charge >= 0.3 is 6.09 Å². The summed E-state index contributed by atoms with van der Waals surface area (Å²) in [7, 11) is 0. The molecule has 1 saturated carbocycles. The molecule has 0 aromatic heterocycles. The number of ketones is 1. The zero-order chi connectivity index (χ0) is 26.6. The smallest absolute Gasteiger partial charge is 0.407 e. The van der Waals surface area contributed by atoms with E-state index in [1.807, 2.05) is 20.8 Å². The molecule has 0 spiro atoms. The Morgan fingerprint density at radius 2 is 1.66 bits per heavy atom. The predicted octanol–water partition coefficient (Wildman–Crippen LogP) is 3.82. The summed E-state index contributed by atoms with van der Waals surface area (Å²) in [5.41, 5.74) is -0.643. The Labute approximate surface area is 212 Å². The van der Waals surface area contributed by atoms with Crippen LogP contribution < -0.4 is 16.0 Å². The van der Waals surface area contributed by atoms with Crippen molar-refractivity contribution in [3.05, 3.63) is 12.4 Å². The molecule has 4 atom stereocenters. The minimum atomic E-state index is -0.566. The molecule has 0 radical (unpaired) electrons. The molecule has 8 nitrogen and oxygen atoms in total. The molecule has 2 fully saturated rings. The number of likely N-dealkylation sites (tertiary alicyclic amines) is 1. The third-order valence-electron chi connectivity index (χ3n) is 7.19. The SMILES string of the molecule is C=C(NC(COC(=O)NCC1CC1)C(C)(C)C)NC(C(=O)N1CC[C@H](CC)C1C(C)=O)C(C)(C)C. The summed E-state index contributed by atoms with van der Waals surface area (Å²) in [6, 6.07) is -1.15. The fraction of sp³-hybridized carbons (Fsp3) is 0.815. The Morgan fingerprint density at radius 1 is 1.03 bits per heavy atom. The third-order valence-corrected chi connectivity index (χ3v) is 7.19. The Bertz CT molecular complexity index is 779. The maximum Gasteiger partial charge on any atom is 0.407 e. The number of carbonyl (C=O) groups is 3. The molecule has 3 N–H and O–H groups in total. The second-order valence-electron chi connectivity index (χ2n) is 12.5. The van der Waals surface area contributed by atoms with Gasteiger partial charge in [0.25, 0.3) is 0 Å². The van der Waals surface area contributed by atoms with Gasteiger partial charge in [0.05, 0.1) is 17.9 Å². The summed E-state index contributed by atoms with van der Waals surface area (Å²) in [4.78, 5) is 40.0. The Kier molecular flexibility index (Phi) is 9.65. The van der Waals surface area contributed by atoms with Crippen LogP contribution in [0.4, 0.5) is 4.79 Å². The van der Waals surface area contributed by atoms with Gasteiger partial charge in [0, 0.05) is 13.1 Å². The van der Waals surface area contributed by atoms with Crippen molar-refractivity contribution >= 4 is 17.8 Å². The Morgan fingerprint density at radius 3 is 2.14 bits per heavy atom. The van der Waals surface area contributed by atoms with E-state index in [0.717, 1.165) is 25.7 Å². The van der Waals surface area contributed by atoms with Gasteiger partial charge in [-0.15, -0.1) is 0 Å². The van der Waals surface area contributed by atoms with E-state index < -0.39 is 17.6 Å². The number of carbonyl (C=O) groups excluding carboxylic acids is 3. The molecule has 1 saturated heterocycles. The van der Waals surface area contributed by atoms with Crippen molar-refractivity contribution in [2.24, 2.45) is 22.7 Å². The molecule has 2 rings (SSSR count). The first-order chi connectivity index (χ1) is 16.1. The first kappa shape index (κ1) is 29.0. The fourth-order valence-corrected chi connectivity index (χ4v) is 4.59. The number of nitrogens with zero attached hydrogens (tertiary/aromatic N) is 1. The van der Waals surface area contributed by atoms with Gasteiger partial charge in [0.1, 0.15) is 12.6 Å². The van der Waals surface area contributed by atoms with E-state index in [1.165, 1.54) is 0 Å². The van der Waals surface area contributed by atoms with E-state index >= 15 is 0 Å². The molecule has 0 aromatic carbocycles. The number of amides is 2. The fourth-order valence-electron chi connectivity index (χ4n) is 4.59. The van der Waals surface area contributed by atoms with Gasteiger partial charge in [-0.3, -0.25) is 9.59 Å². The molecule has 1 heterocycles. The van der Waals surface area contributed by atoms with Gasteiger partial charge in [-0.2, -0.15) is 0 Å². The van der Waals surface area contributed by atoms with Crippen molar-refractivity contribution < 1.29 is 19.1 Å². The normalized spacial score (nSPS) is 22.2. The second-order valence-corrected chi connectivity index (χ2v) is 12.5. The molecule has 1 aliphatic heterocycles. The monoisotopic (exact) mass is 492 g/mol. The van der Waals surface area contributed by atoms with Crippen molar-refractivity contribution in [3.63, 3.8) is 0 Å². The highest BCUT2D eigenvalue weighted by Gasteiger charge is 2.44. The lowest BCUT2D eigenvalue weighted by Gasteiger charge is -2.38. The summed E-state index contributed by atoms with van der Waals surface area (Å²) in [5, 5.41) is 9.46. The van der Waals surface area contributed by atoms with E-state index in [4.69, 9.17) is 4.74 Å². The predicted molar refractivity (Wildman–Crippen MR) is 139 cm³/mol. The van der Waals surface area contributed by atoms with Crippen LogP contribution in [-0.4, -0.2) is 60.5 Å². The van der Waals surface area contributed by atoms with Crippen LogP contribution in [0.3, 0.4) is 0 Å². The molecule has 1 aliphatic carbocycles. The summed E-state index contributed by atoms with van der Waals surface area (Å²) in [5.74, 6) is 1.23. The molecule has 8 heteroatoms. The molecule has 2 amide bonds. The van der Waals surface area contributed by atoms with Crippen LogP contribution in [0, 0.1) is 22.7 Å². The standard InChI is InChI=1S/C27H48N4O4/c1-10-20-13-14-31(22(20)17(2)32)24(33)23(27(7,8)9)30-18(3)29-21(26(4,5)6)16-35-25(34)28-15-19-11-12-19/h19-23,29-30H,3,10-16H2,1-2,4-9H3,(H,28,34)/t20-,21?,22?,23?/m0/s1. The topological polar surface area (TPSA) is 99.8 Å². The zero-order valence-electron chi connectivity index (χ0n) is 23.1. The number of hydrogen-bond acceptors (Lipinski definition) is 6. The summed E-state index contributed by atoms with van der Waals surface area (Å²) < 4.78 is 5.48. The quantitative estimate of drug-likeness (QED) is 0.406. The average molecular weight is 493 g/mol. The molecular weight excluding hydrogens is 444 g/mol. The minimum Gasteiger partial charge on any atom is -0.447 e. The largest absolute Gasteiger partial charge is 0.447 e. The first-order valence-corrected chi connectivity index (χ1v) is 13.1. The van der Waals surface area contributed by atoms with Crippen molar-refractivity contribution in [2.45, 2.75) is 99.2 Å². The van der Waals surface area contributed by atoms with Gasteiger partial charge < -0.3 is 25.6 Å². The third kappa shape index (κ3) is 8.43. The lowest BCUT2D eigenvalue weighted by molar-refractivity contribution is -0.141. The van der Waals surface area contributed by atoms with Crippen LogP contribution in [0.15, 0.2) is 12.4 Å². The molecule has 2 aliphatic rings. The summed E-state index contributed by atoms with van der Waals surface area (Å²) in [6.45, 7) is 21.4. The van der Waals surface area contributed by atoms with Crippen LogP contribution in [-0.2, 0) is 14.3 Å². The molecule has 0 aromatic rings. The van der Waals surface area contributed by atoms with Crippen molar-refractivity contribution in [1.82, 2.24) is 20.9 Å². The van der Waals surface area contributed by atoms with Crippen LogP contribution in [0.1, 0.15) is 81.1 Å². The van der Waals surface area contributed by atoms with Gasteiger partial charge in [-0.25, -0.2) is 4.79 Å². The van der Waals surface area contributed by atoms with Crippen molar-refractivity contribution in [3.8, 4) is 0 Å². The van der Waals surface area contributed by atoms with E-state index in [2.05, 4.69) is 50.2 Å². The van der Waals surface area contributed by atoms with E-state index in [9.17, 15) is 14.4 Å². The van der Waals surface area contributed by atoms with Gasteiger partial charge in [-0.05, 0) is 48.9 Å². The van der Waals surface area contributed by atoms with Crippen LogP contribution >= 0.6 is 0 Å². The van der Waals surface area contributed by atoms with E-state index in [0.29, 0.717) is 24.8 Å². The zero-order valence-corrected chi connectivity index (χ0v) is 23.1. The number of ether oxygens (including phenoxy) is 1. The Balaban J connectivity index is 2.05. The van der Waals surface area contributed by atoms with Crippen molar-refractivity contribution in [2.75, 3.05) is 19.7 Å². The molecule has 3 unspecified atom stereocenters. The minimum absolute atomic E-state index is 0.0391. The maximum atomic E-state index is 13.7. The van der Waals surface area contributed by atoms with Crippen LogP contribution in [0.5, 0.6) is 0 Å². The average Bonchev–Trinajstić information content (AvgIpc) is 3.46. The molecule has 0 bridgehead atoms. The molecular formula is C27H48N4O4. The van der Waals surface area contributed by atoms with Crippen molar-refractivity contribution in [1.29, 1.82) is 0 Å². The van der Waals surface area contributed by atoms with Gasteiger partial charge in [0.15, 0.2) is 5.78 Å². The van der Waals surface area contributed by atoms with Crippen LogP contribution in [0.2, 0.25) is 0 Å². The number of Topliss-reactive ketones (excluding diaryl/α,β-unsaturated/α-hetero) is 1. The summed E-state index contributed by atoms with van der Waals surface area (Å²) >= 11 is 0. The maximum absolute atomic E-state index is 13.7. The van der Waals surface area contributed by atoms with E-state index in [-0.39, 0.29) is 41.7 Å². The Hall–Kier alpha value is -2.25. The second kappa shape index (κ2) is 11.7. The van der Waals surface area contributed by atoms with Gasteiger partial charge in [-0.1, -0.05) is 61.5 Å². The highest BCUT2D eigenvalue weighted by atomic mass is 16.5. The van der Waals surface area contributed by atoms with E-state index in [1.54, 1.807) is 11.8 Å². The molecule has 200 valence electrons. The number of nitrogens with one attached hydrogen (secondary N) is 3. The lowest BCUT2D eigenvalue weighted by Crippen LogP contribution is -2.57. The number of rotatable bonds is 11.